The molecule has 3 rings (SSSR count). The molecule has 0 amide bonds. The van der Waals surface area contributed by atoms with E-state index in [9.17, 15) is 4.39 Å². The van der Waals surface area contributed by atoms with Gasteiger partial charge in [0.15, 0.2) is 0 Å². The first-order valence-corrected chi connectivity index (χ1v) is 9.82. The zero-order valence-electron chi connectivity index (χ0n) is 15.8. The number of rotatable bonds is 8. The van der Waals surface area contributed by atoms with Gasteiger partial charge in [-0.1, -0.05) is 31.2 Å². The SMILES string of the molecule is C=CCCOc1ccc2c(c1)CCC(CCc1ccc(CC)cc1F)C2. The Morgan fingerprint density at radius 2 is 2.08 bits per heavy atom. The number of hydrogen-bond acceptors (Lipinski definition) is 1. The smallest absolute Gasteiger partial charge is 0.126 e. The van der Waals surface area contributed by atoms with E-state index in [1.165, 1.54) is 17.5 Å². The molecular weight excluding hydrogens is 323 g/mol. The molecule has 0 N–H and O–H groups in total. The molecule has 26 heavy (non-hydrogen) atoms. The van der Waals surface area contributed by atoms with E-state index in [-0.39, 0.29) is 5.82 Å². The summed E-state index contributed by atoms with van der Waals surface area (Å²) in [5.74, 6) is 1.56. The van der Waals surface area contributed by atoms with Gasteiger partial charge in [-0.15, -0.1) is 6.58 Å². The number of fused-ring (bicyclic) bond motifs is 1. The molecule has 2 aromatic carbocycles. The fraction of sp³-hybridized carbons (Fsp3) is 0.417. The van der Waals surface area contributed by atoms with Crippen LogP contribution in [-0.4, -0.2) is 6.61 Å². The maximum absolute atomic E-state index is 14.2. The Morgan fingerprint density at radius 1 is 1.19 bits per heavy atom. The average Bonchev–Trinajstić information content (AvgIpc) is 2.67. The number of aryl methyl sites for hydroxylation is 3. The molecule has 0 aliphatic heterocycles. The molecule has 2 heteroatoms. The lowest BCUT2D eigenvalue weighted by Crippen LogP contribution is -2.15. The molecule has 2 aromatic rings. The van der Waals surface area contributed by atoms with Gasteiger partial charge in [0.2, 0.25) is 0 Å². The van der Waals surface area contributed by atoms with Gasteiger partial charge in [0, 0.05) is 0 Å². The molecule has 138 valence electrons. The summed E-state index contributed by atoms with van der Waals surface area (Å²) in [4.78, 5) is 0. The third kappa shape index (κ3) is 4.75. The highest BCUT2D eigenvalue weighted by atomic mass is 19.1. The normalized spacial score (nSPS) is 16.2. The van der Waals surface area contributed by atoms with Gasteiger partial charge >= 0.3 is 0 Å². The largest absolute Gasteiger partial charge is 0.493 e. The van der Waals surface area contributed by atoms with Crippen molar-refractivity contribution in [2.24, 2.45) is 5.92 Å². The van der Waals surface area contributed by atoms with Gasteiger partial charge in [-0.3, -0.25) is 0 Å². The van der Waals surface area contributed by atoms with Crippen molar-refractivity contribution in [2.75, 3.05) is 6.61 Å². The maximum Gasteiger partial charge on any atom is 0.126 e. The van der Waals surface area contributed by atoms with Crippen molar-refractivity contribution in [1.82, 2.24) is 0 Å². The van der Waals surface area contributed by atoms with Gasteiger partial charge in [0.25, 0.3) is 0 Å². The molecule has 1 aliphatic rings. The van der Waals surface area contributed by atoms with E-state index in [2.05, 4.69) is 37.8 Å². The fourth-order valence-electron chi connectivity index (χ4n) is 3.78. The van der Waals surface area contributed by atoms with E-state index in [0.717, 1.165) is 55.4 Å². The van der Waals surface area contributed by atoms with Crippen LogP contribution in [0.5, 0.6) is 5.75 Å². The Kier molecular flexibility index (Phi) is 6.49. The van der Waals surface area contributed by atoms with E-state index in [1.54, 1.807) is 6.07 Å². The van der Waals surface area contributed by atoms with Crippen LogP contribution in [0.4, 0.5) is 4.39 Å². The van der Waals surface area contributed by atoms with Gasteiger partial charge in [-0.25, -0.2) is 4.39 Å². The molecule has 0 heterocycles. The fourth-order valence-corrected chi connectivity index (χ4v) is 3.78. The average molecular weight is 352 g/mol. The maximum atomic E-state index is 14.2. The Balaban J connectivity index is 1.56. The molecule has 0 saturated carbocycles. The monoisotopic (exact) mass is 352 g/mol. The number of halogens is 1. The lowest BCUT2D eigenvalue weighted by molar-refractivity contribution is 0.323. The second-order valence-electron chi connectivity index (χ2n) is 7.28. The Morgan fingerprint density at radius 3 is 2.85 bits per heavy atom. The van der Waals surface area contributed by atoms with Crippen molar-refractivity contribution in [1.29, 1.82) is 0 Å². The van der Waals surface area contributed by atoms with Gasteiger partial charge in [-0.05, 0) is 91.3 Å². The Labute approximate surface area is 156 Å². The number of benzene rings is 2. The van der Waals surface area contributed by atoms with Gasteiger partial charge < -0.3 is 4.74 Å². The third-order valence-corrected chi connectivity index (χ3v) is 5.45. The summed E-state index contributed by atoms with van der Waals surface area (Å²) in [5.41, 5.74) is 4.78. The highest BCUT2D eigenvalue weighted by molar-refractivity contribution is 5.37. The highest BCUT2D eigenvalue weighted by Crippen LogP contribution is 2.31. The molecule has 0 fully saturated rings. The Hall–Kier alpha value is -2.09. The van der Waals surface area contributed by atoms with E-state index < -0.39 is 0 Å². The molecule has 0 radical (unpaired) electrons. The lowest BCUT2D eigenvalue weighted by atomic mass is 9.81. The van der Waals surface area contributed by atoms with Crippen LogP contribution < -0.4 is 4.74 Å². The molecular formula is C24H29FO. The Bertz CT molecular complexity index is 750. The second kappa shape index (κ2) is 9.02. The van der Waals surface area contributed by atoms with Crippen molar-refractivity contribution in [3.05, 3.63) is 77.1 Å². The number of hydrogen-bond donors (Lipinski definition) is 0. The molecule has 0 spiro atoms. The first-order chi connectivity index (χ1) is 12.7. The molecule has 0 aromatic heterocycles. The van der Waals surface area contributed by atoms with Crippen molar-refractivity contribution >= 4 is 0 Å². The summed E-state index contributed by atoms with van der Waals surface area (Å²) in [5, 5.41) is 0. The quantitative estimate of drug-likeness (QED) is 0.413. The van der Waals surface area contributed by atoms with Crippen LogP contribution in [-0.2, 0) is 25.7 Å². The van der Waals surface area contributed by atoms with Crippen molar-refractivity contribution in [3.63, 3.8) is 0 Å². The van der Waals surface area contributed by atoms with E-state index in [1.807, 2.05) is 12.1 Å². The molecule has 0 saturated heterocycles. The standard InChI is InChI=1S/C24H29FO/c1-3-5-14-26-23-13-12-21-15-19(8-11-22(21)17-23)7-10-20-9-6-18(4-2)16-24(20)25/h3,6,9,12-13,16-17,19H,1,4-5,7-8,10-11,14-15H2,2H3. The van der Waals surface area contributed by atoms with Crippen molar-refractivity contribution in [3.8, 4) is 5.75 Å². The van der Waals surface area contributed by atoms with E-state index in [0.29, 0.717) is 12.5 Å². The molecule has 0 bridgehead atoms. The lowest BCUT2D eigenvalue weighted by Gasteiger charge is -2.25. The summed E-state index contributed by atoms with van der Waals surface area (Å²) >= 11 is 0. The second-order valence-corrected chi connectivity index (χ2v) is 7.28. The predicted octanol–water partition coefficient (Wildman–Crippen LogP) is 6.08. The summed E-state index contributed by atoms with van der Waals surface area (Å²) in [6.07, 6.45) is 8.88. The zero-order chi connectivity index (χ0) is 18.4. The first kappa shape index (κ1) is 18.7. The highest BCUT2D eigenvalue weighted by Gasteiger charge is 2.19. The van der Waals surface area contributed by atoms with Gasteiger partial charge in [0.1, 0.15) is 11.6 Å². The minimum atomic E-state index is -0.0399. The summed E-state index contributed by atoms with van der Waals surface area (Å²) in [7, 11) is 0. The van der Waals surface area contributed by atoms with E-state index in [4.69, 9.17) is 4.74 Å². The van der Waals surface area contributed by atoms with Crippen molar-refractivity contribution in [2.45, 2.75) is 51.9 Å². The topological polar surface area (TPSA) is 9.23 Å². The van der Waals surface area contributed by atoms with E-state index >= 15 is 0 Å². The first-order valence-electron chi connectivity index (χ1n) is 9.82. The molecule has 1 atom stereocenters. The summed E-state index contributed by atoms with van der Waals surface area (Å²) in [6, 6.07) is 12.2. The molecule has 1 nitrogen and oxygen atoms in total. The van der Waals surface area contributed by atoms with Crippen LogP contribution in [0.15, 0.2) is 49.1 Å². The van der Waals surface area contributed by atoms with Crippen LogP contribution in [0.25, 0.3) is 0 Å². The van der Waals surface area contributed by atoms with Crippen molar-refractivity contribution < 1.29 is 9.13 Å². The number of ether oxygens (including phenoxy) is 1. The van der Waals surface area contributed by atoms with Crippen LogP contribution in [0.3, 0.4) is 0 Å². The van der Waals surface area contributed by atoms with Gasteiger partial charge in [-0.2, -0.15) is 0 Å². The third-order valence-electron chi connectivity index (χ3n) is 5.45. The van der Waals surface area contributed by atoms with Crippen LogP contribution in [0.2, 0.25) is 0 Å². The molecule has 1 unspecified atom stereocenters. The van der Waals surface area contributed by atoms with Crippen LogP contribution in [0, 0.1) is 11.7 Å². The van der Waals surface area contributed by atoms with Crippen LogP contribution in [0.1, 0.15) is 48.4 Å². The minimum Gasteiger partial charge on any atom is -0.493 e. The molecule has 1 aliphatic carbocycles. The minimum absolute atomic E-state index is 0.0399. The zero-order valence-corrected chi connectivity index (χ0v) is 15.8. The summed E-state index contributed by atoms with van der Waals surface area (Å²) < 4.78 is 19.9. The predicted molar refractivity (Wildman–Crippen MR) is 106 cm³/mol. The summed E-state index contributed by atoms with van der Waals surface area (Å²) in [6.45, 7) is 6.47. The van der Waals surface area contributed by atoms with Gasteiger partial charge in [0.05, 0.1) is 6.61 Å². The van der Waals surface area contributed by atoms with Crippen LogP contribution >= 0.6 is 0 Å².